The Labute approximate surface area is 118 Å². The number of aryl methyl sites for hydroxylation is 1. The van der Waals surface area contributed by atoms with Crippen molar-refractivity contribution in [2.24, 2.45) is 0 Å². The molecule has 5 heteroatoms. The lowest BCUT2D eigenvalue weighted by molar-refractivity contribution is -0.129. The molecule has 0 aromatic heterocycles. The number of amides is 2. The Hall–Kier alpha value is -2.04. The summed E-state index contributed by atoms with van der Waals surface area (Å²) >= 11 is 0. The monoisotopic (exact) mass is 276 g/mol. The molecule has 1 atom stereocenters. The summed E-state index contributed by atoms with van der Waals surface area (Å²) in [5.41, 5.74) is 1.14. The zero-order valence-corrected chi connectivity index (χ0v) is 11.6. The van der Waals surface area contributed by atoms with Gasteiger partial charge in [-0.1, -0.05) is 17.7 Å². The summed E-state index contributed by atoms with van der Waals surface area (Å²) in [6, 6.07) is 7.05. The van der Waals surface area contributed by atoms with Crippen molar-refractivity contribution in [2.45, 2.75) is 32.2 Å². The molecule has 1 aromatic rings. The Kier molecular flexibility index (Phi) is 4.98. The van der Waals surface area contributed by atoms with Crippen LogP contribution in [0.25, 0.3) is 0 Å². The number of benzene rings is 1. The van der Waals surface area contributed by atoms with E-state index in [4.69, 9.17) is 4.74 Å². The van der Waals surface area contributed by atoms with Gasteiger partial charge >= 0.3 is 0 Å². The molecule has 1 aliphatic heterocycles. The van der Waals surface area contributed by atoms with E-state index in [0.717, 1.165) is 18.4 Å². The van der Waals surface area contributed by atoms with Crippen LogP contribution in [0, 0.1) is 6.92 Å². The molecule has 1 aliphatic rings. The van der Waals surface area contributed by atoms with Crippen LogP contribution in [-0.2, 0) is 9.59 Å². The van der Waals surface area contributed by atoms with E-state index in [2.05, 4.69) is 10.6 Å². The number of ether oxygens (including phenoxy) is 1. The summed E-state index contributed by atoms with van der Waals surface area (Å²) in [4.78, 5) is 23.5. The van der Waals surface area contributed by atoms with Gasteiger partial charge in [-0.25, -0.2) is 0 Å². The van der Waals surface area contributed by atoms with Crippen LogP contribution in [0.3, 0.4) is 0 Å². The van der Waals surface area contributed by atoms with E-state index in [-0.39, 0.29) is 18.4 Å². The van der Waals surface area contributed by atoms with E-state index in [1.807, 2.05) is 31.2 Å². The average Bonchev–Trinajstić information content (AvgIpc) is 2.64. The van der Waals surface area contributed by atoms with E-state index in [0.29, 0.717) is 18.7 Å². The fourth-order valence-electron chi connectivity index (χ4n) is 2.10. The first-order valence-corrected chi connectivity index (χ1v) is 6.92. The number of hydrogen-bond acceptors (Lipinski definition) is 3. The van der Waals surface area contributed by atoms with Gasteiger partial charge in [-0.2, -0.15) is 0 Å². The fourth-order valence-corrected chi connectivity index (χ4v) is 2.10. The summed E-state index contributed by atoms with van der Waals surface area (Å²) in [6.45, 7) is 2.60. The number of rotatable bonds is 4. The first-order chi connectivity index (χ1) is 9.65. The first-order valence-electron chi connectivity index (χ1n) is 6.92. The van der Waals surface area contributed by atoms with Crippen molar-refractivity contribution in [3.05, 3.63) is 29.8 Å². The minimum Gasteiger partial charge on any atom is -0.484 e. The molecule has 0 aliphatic carbocycles. The van der Waals surface area contributed by atoms with Crippen LogP contribution in [0.5, 0.6) is 5.75 Å². The van der Waals surface area contributed by atoms with Gasteiger partial charge < -0.3 is 15.4 Å². The highest BCUT2D eigenvalue weighted by atomic mass is 16.5. The highest BCUT2D eigenvalue weighted by Crippen LogP contribution is 2.11. The van der Waals surface area contributed by atoms with Crippen LogP contribution in [0.15, 0.2) is 24.3 Å². The molecular formula is C15H20N2O3. The van der Waals surface area contributed by atoms with Crippen LogP contribution >= 0.6 is 0 Å². The third-order valence-corrected chi connectivity index (χ3v) is 3.26. The molecule has 2 amide bonds. The van der Waals surface area contributed by atoms with Crippen molar-refractivity contribution < 1.29 is 14.3 Å². The molecule has 1 aromatic carbocycles. The molecule has 1 fully saturated rings. The Morgan fingerprint density at radius 3 is 2.85 bits per heavy atom. The molecule has 1 heterocycles. The number of carbonyl (C=O) groups excluding carboxylic acids is 2. The number of carbonyl (C=O) groups is 2. The van der Waals surface area contributed by atoms with Gasteiger partial charge in [0, 0.05) is 6.54 Å². The normalized spacial score (nSPS) is 18.9. The molecule has 0 spiro atoms. The second-order valence-electron chi connectivity index (χ2n) is 5.01. The van der Waals surface area contributed by atoms with E-state index >= 15 is 0 Å². The molecule has 5 nitrogen and oxygen atoms in total. The topological polar surface area (TPSA) is 67.4 Å². The van der Waals surface area contributed by atoms with Crippen LogP contribution in [0.2, 0.25) is 0 Å². The summed E-state index contributed by atoms with van der Waals surface area (Å²) in [6.07, 6.45) is 2.57. The SMILES string of the molecule is Cc1ccc(OCC(=O)NC2CCCCNC2=O)cc1. The van der Waals surface area contributed by atoms with Crippen LogP contribution in [0.1, 0.15) is 24.8 Å². The van der Waals surface area contributed by atoms with Gasteiger partial charge in [0.05, 0.1) is 0 Å². The van der Waals surface area contributed by atoms with Crippen LogP contribution in [-0.4, -0.2) is 31.0 Å². The molecule has 0 saturated carbocycles. The van der Waals surface area contributed by atoms with Crippen molar-refractivity contribution in [2.75, 3.05) is 13.2 Å². The molecule has 1 unspecified atom stereocenters. The van der Waals surface area contributed by atoms with Gasteiger partial charge in [0.2, 0.25) is 5.91 Å². The predicted octanol–water partition coefficient (Wildman–Crippen LogP) is 1.16. The van der Waals surface area contributed by atoms with Gasteiger partial charge in [-0.3, -0.25) is 9.59 Å². The third kappa shape index (κ3) is 4.26. The minimum absolute atomic E-state index is 0.0765. The third-order valence-electron chi connectivity index (χ3n) is 3.26. The molecule has 2 rings (SSSR count). The molecule has 1 saturated heterocycles. The van der Waals surface area contributed by atoms with E-state index < -0.39 is 6.04 Å². The van der Waals surface area contributed by atoms with Gasteiger partial charge in [0.1, 0.15) is 11.8 Å². The molecule has 108 valence electrons. The van der Waals surface area contributed by atoms with Crippen molar-refractivity contribution >= 4 is 11.8 Å². The first kappa shape index (κ1) is 14.4. The summed E-state index contributed by atoms with van der Waals surface area (Å²) in [5.74, 6) is 0.273. The Morgan fingerprint density at radius 1 is 1.35 bits per heavy atom. The largest absolute Gasteiger partial charge is 0.484 e. The highest BCUT2D eigenvalue weighted by Gasteiger charge is 2.22. The molecule has 0 radical (unpaired) electrons. The van der Waals surface area contributed by atoms with Crippen molar-refractivity contribution in [3.63, 3.8) is 0 Å². The van der Waals surface area contributed by atoms with Crippen molar-refractivity contribution in [3.8, 4) is 5.75 Å². The maximum Gasteiger partial charge on any atom is 0.258 e. The van der Waals surface area contributed by atoms with E-state index in [1.54, 1.807) is 0 Å². The average molecular weight is 276 g/mol. The Morgan fingerprint density at radius 2 is 2.10 bits per heavy atom. The van der Waals surface area contributed by atoms with Gasteiger partial charge in [-0.15, -0.1) is 0 Å². The summed E-state index contributed by atoms with van der Waals surface area (Å²) < 4.78 is 5.39. The lowest BCUT2D eigenvalue weighted by Crippen LogP contribution is -2.46. The van der Waals surface area contributed by atoms with Crippen molar-refractivity contribution in [1.29, 1.82) is 0 Å². The van der Waals surface area contributed by atoms with Crippen molar-refractivity contribution in [1.82, 2.24) is 10.6 Å². The highest BCUT2D eigenvalue weighted by molar-refractivity contribution is 5.88. The Bertz CT molecular complexity index is 471. The van der Waals surface area contributed by atoms with E-state index in [9.17, 15) is 9.59 Å². The predicted molar refractivity (Wildman–Crippen MR) is 75.5 cm³/mol. The lowest BCUT2D eigenvalue weighted by Gasteiger charge is -2.15. The maximum atomic E-state index is 11.8. The molecule has 2 N–H and O–H groups in total. The molecular weight excluding hydrogens is 256 g/mol. The van der Waals surface area contributed by atoms with E-state index in [1.165, 1.54) is 0 Å². The minimum atomic E-state index is -0.438. The number of nitrogens with one attached hydrogen (secondary N) is 2. The maximum absolute atomic E-state index is 11.8. The number of hydrogen-bond donors (Lipinski definition) is 2. The van der Waals surface area contributed by atoms with Gasteiger partial charge in [-0.05, 0) is 38.3 Å². The smallest absolute Gasteiger partial charge is 0.258 e. The van der Waals surface area contributed by atoms with Crippen LogP contribution < -0.4 is 15.4 Å². The molecule has 20 heavy (non-hydrogen) atoms. The zero-order valence-electron chi connectivity index (χ0n) is 11.6. The quantitative estimate of drug-likeness (QED) is 0.867. The van der Waals surface area contributed by atoms with Crippen LogP contribution in [0.4, 0.5) is 0 Å². The fraction of sp³-hybridized carbons (Fsp3) is 0.467. The standard InChI is InChI=1S/C15H20N2O3/c1-11-5-7-12(8-6-11)20-10-14(18)17-13-4-2-3-9-16-15(13)19/h5-8,13H,2-4,9-10H2,1H3,(H,16,19)(H,17,18). The Balaban J connectivity index is 1.79. The van der Waals surface area contributed by atoms with Gasteiger partial charge in [0.25, 0.3) is 5.91 Å². The molecule has 0 bridgehead atoms. The second-order valence-corrected chi connectivity index (χ2v) is 5.01. The summed E-state index contributed by atoms with van der Waals surface area (Å²) in [5, 5.41) is 5.50. The second kappa shape index (κ2) is 6.93. The van der Waals surface area contributed by atoms with Gasteiger partial charge in [0.15, 0.2) is 6.61 Å². The zero-order chi connectivity index (χ0) is 14.4. The lowest BCUT2D eigenvalue weighted by atomic mass is 10.1. The summed E-state index contributed by atoms with van der Waals surface area (Å²) in [7, 11) is 0.